The van der Waals surface area contributed by atoms with E-state index in [2.05, 4.69) is 15.6 Å². The molecule has 130 valence electrons. The number of benzene rings is 1. The van der Waals surface area contributed by atoms with Crippen molar-refractivity contribution >= 4 is 23.7 Å². The number of amides is 5. The number of carbonyl (C=O) groups is 3. The fourth-order valence-electron chi connectivity index (χ4n) is 1.84. The topological polar surface area (TPSA) is 135 Å². The molecule has 0 spiro atoms. The molecule has 0 aliphatic carbocycles. The summed E-state index contributed by atoms with van der Waals surface area (Å²) in [6.45, 7) is 0.0537. The predicted octanol–water partition coefficient (Wildman–Crippen LogP) is 1.58. The van der Waals surface area contributed by atoms with E-state index in [9.17, 15) is 14.4 Å². The lowest BCUT2D eigenvalue weighted by Crippen LogP contribution is -2.38. The van der Waals surface area contributed by atoms with E-state index in [0.717, 1.165) is 0 Å². The number of nitrogens with zero attached hydrogens (tertiary/aromatic N) is 1. The number of hydrogen-bond acceptors (Lipinski definition) is 5. The summed E-state index contributed by atoms with van der Waals surface area (Å²) in [4.78, 5) is 37.4. The van der Waals surface area contributed by atoms with Gasteiger partial charge in [-0.2, -0.15) is 0 Å². The van der Waals surface area contributed by atoms with Crippen molar-refractivity contribution < 1.29 is 19.1 Å². The number of hydrogen-bond donors (Lipinski definition) is 4. The van der Waals surface area contributed by atoms with Gasteiger partial charge in [-0.15, -0.1) is 0 Å². The van der Waals surface area contributed by atoms with Crippen molar-refractivity contribution in [3.05, 3.63) is 48.8 Å². The van der Waals surface area contributed by atoms with Gasteiger partial charge in [0.2, 0.25) is 5.91 Å². The number of carbonyl (C=O) groups excluding carboxylic acids is 3. The number of urea groups is 2. The summed E-state index contributed by atoms with van der Waals surface area (Å²) in [6, 6.07) is 8.82. The van der Waals surface area contributed by atoms with Crippen LogP contribution in [-0.4, -0.2) is 29.5 Å². The molecule has 0 saturated heterocycles. The second-order valence-electron chi connectivity index (χ2n) is 4.86. The molecule has 2 rings (SSSR count). The lowest BCUT2D eigenvalue weighted by atomic mass is 10.3. The quantitative estimate of drug-likeness (QED) is 0.631. The number of rotatable bonds is 6. The lowest BCUT2D eigenvalue weighted by Gasteiger charge is -2.09. The van der Waals surface area contributed by atoms with Crippen LogP contribution < -0.4 is 26.4 Å². The fraction of sp³-hybridized carbons (Fsp3) is 0.125. The third kappa shape index (κ3) is 6.57. The molecule has 9 heteroatoms. The normalized spacial score (nSPS) is 9.76. The van der Waals surface area contributed by atoms with Crippen LogP contribution in [-0.2, 0) is 4.79 Å². The van der Waals surface area contributed by atoms with Crippen LogP contribution in [0.4, 0.5) is 15.3 Å². The van der Waals surface area contributed by atoms with Gasteiger partial charge in [-0.1, -0.05) is 6.07 Å². The molecular formula is C16H17N5O4. The number of aromatic nitrogens is 1. The molecule has 0 aliphatic rings. The number of nitrogens with one attached hydrogen (secondary N) is 3. The highest BCUT2D eigenvalue weighted by atomic mass is 16.5. The molecule has 5 N–H and O–H groups in total. The fourth-order valence-corrected chi connectivity index (χ4v) is 1.84. The maximum Gasteiger partial charge on any atom is 0.319 e. The van der Waals surface area contributed by atoms with Gasteiger partial charge in [0, 0.05) is 37.1 Å². The molecule has 1 heterocycles. The molecule has 9 nitrogen and oxygen atoms in total. The Bertz CT molecular complexity index is 751. The first-order valence-electron chi connectivity index (χ1n) is 7.35. The molecule has 0 radical (unpaired) electrons. The van der Waals surface area contributed by atoms with Crippen LogP contribution in [0.25, 0.3) is 0 Å². The van der Waals surface area contributed by atoms with Gasteiger partial charge in [-0.05, 0) is 24.3 Å². The van der Waals surface area contributed by atoms with Crippen LogP contribution in [0.1, 0.15) is 6.42 Å². The highest BCUT2D eigenvalue weighted by molar-refractivity contribution is 5.94. The first kappa shape index (κ1) is 17.7. The Morgan fingerprint density at radius 1 is 1.08 bits per heavy atom. The van der Waals surface area contributed by atoms with Gasteiger partial charge in [0.25, 0.3) is 0 Å². The van der Waals surface area contributed by atoms with Gasteiger partial charge in [-0.25, -0.2) is 9.59 Å². The van der Waals surface area contributed by atoms with Crippen molar-refractivity contribution in [1.29, 1.82) is 0 Å². The molecule has 0 atom stereocenters. The van der Waals surface area contributed by atoms with Crippen molar-refractivity contribution in [1.82, 2.24) is 15.6 Å². The van der Waals surface area contributed by atoms with Crippen molar-refractivity contribution in [2.24, 2.45) is 5.73 Å². The molecular weight excluding hydrogens is 326 g/mol. The summed E-state index contributed by atoms with van der Waals surface area (Å²) in [5.41, 5.74) is 5.33. The third-order valence-corrected chi connectivity index (χ3v) is 2.88. The predicted molar refractivity (Wildman–Crippen MR) is 90.1 cm³/mol. The zero-order chi connectivity index (χ0) is 18.1. The minimum absolute atomic E-state index is 0.0537. The number of nitrogens with two attached hydrogens (primary N) is 1. The van der Waals surface area contributed by atoms with Crippen LogP contribution in [0, 0.1) is 0 Å². The van der Waals surface area contributed by atoms with Gasteiger partial charge >= 0.3 is 12.1 Å². The second kappa shape index (κ2) is 8.87. The Morgan fingerprint density at radius 2 is 1.84 bits per heavy atom. The van der Waals surface area contributed by atoms with Crippen LogP contribution in [0.15, 0.2) is 48.8 Å². The van der Waals surface area contributed by atoms with E-state index >= 15 is 0 Å². The van der Waals surface area contributed by atoms with Gasteiger partial charge in [0.15, 0.2) is 0 Å². The van der Waals surface area contributed by atoms with E-state index in [4.69, 9.17) is 10.5 Å². The van der Waals surface area contributed by atoms with E-state index in [1.165, 1.54) is 0 Å². The Hall–Kier alpha value is -3.62. The Labute approximate surface area is 143 Å². The smallest absolute Gasteiger partial charge is 0.319 e. The number of imide groups is 1. The molecule has 0 bridgehead atoms. The van der Waals surface area contributed by atoms with Crippen LogP contribution >= 0.6 is 0 Å². The van der Waals surface area contributed by atoms with E-state index in [0.29, 0.717) is 17.2 Å². The third-order valence-electron chi connectivity index (χ3n) is 2.88. The first-order chi connectivity index (χ1) is 12.0. The molecule has 1 aromatic heterocycles. The molecule has 0 saturated carbocycles. The lowest BCUT2D eigenvalue weighted by molar-refractivity contribution is -0.119. The van der Waals surface area contributed by atoms with Crippen LogP contribution in [0.3, 0.4) is 0 Å². The van der Waals surface area contributed by atoms with E-state index in [1.807, 2.05) is 5.32 Å². The van der Waals surface area contributed by atoms with E-state index in [-0.39, 0.29) is 13.0 Å². The Balaban J connectivity index is 1.81. The summed E-state index contributed by atoms with van der Waals surface area (Å²) >= 11 is 0. The molecule has 25 heavy (non-hydrogen) atoms. The van der Waals surface area contributed by atoms with Crippen molar-refractivity contribution in [2.45, 2.75) is 6.42 Å². The molecule has 0 aliphatic heterocycles. The Kier molecular flexibility index (Phi) is 6.29. The first-order valence-corrected chi connectivity index (χ1v) is 7.35. The zero-order valence-corrected chi connectivity index (χ0v) is 13.2. The summed E-state index contributed by atoms with van der Waals surface area (Å²) in [6.07, 6.45) is 3.15. The van der Waals surface area contributed by atoms with Crippen molar-refractivity contribution in [3.8, 4) is 11.5 Å². The number of pyridine rings is 1. The average Bonchev–Trinajstić information content (AvgIpc) is 2.55. The number of ether oxygens (including phenoxy) is 1. The highest BCUT2D eigenvalue weighted by Crippen LogP contribution is 2.23. The second-order valence-corrected chi connectivity index (χ2v) is 4.86. The largest absolute Gasteiger partial charge is 0.457 e. The average molecular weight is 343 g/mol. The van der Waals surface area contributed by atoms with Gasteiger partial charge < -0.3 is 21.1 Å². The molecule has 1 aromatic carbocycles. The van der Waals surface area contributed by atoms with E-state index in [1.54, 1.807) is 48.8 Å². The SMILES string of the molecule is NC(=O)NC(=O)CCNC(=O)Nc1cccc(Oc2ccncc2)c1. The zero-order valence-electron chi connectivity index (χ0n) is 13.2. The molecule has 5 amide bonds. The molecule has 0 fully saturated rings. The van der Waals surface area contributed by atoms with Crippen molar-refractivity contribution in [3.63, 3.8) is 0 Å². The van der Waals surface area contributed by atoms with Crippen LogP contribution in [0.2, 0.25) is 0 Å². The van der Waals surface area contributed by atoms with Gasteiger partial charge in [0.1, 0.15) is 11.5 Å². The monoisotopic (exact) mass is 343 g/mol. The summed E-state index contributed by atoms with van der Waals surface area (Å²) in [5, 5.41) is 7.01. The summed E-state index contributed by atoms with van der Waals surface area (Å²) in [5.74, 6) is 0.599. The Morgan fingerprint density at radius 3 is 2.56 bits per heavy atom. The van der Waals surface area contributed by atoms with Gasteiger partial charge in [-0.3, -0.25) is 15.1 Å². The standard InChI is InChI=1S/C16H17N5O4/c17-15(23)21-14(22)6-9-19-16(24)20-11-2-1-3-13(10-11)25-12-4-7-18-8-5-12/h1-5,7-8,10H,6,9H2,(H2,19,20,24)(H3,17,21,22,23). The van der Waals surface area contributed by atoms with Gasteiger partial charge in [0.05, 0.1) is 0 Å². The van der Waals surface area contributed by atoms with E-state index < -0.39 is 18.0 Å². The number of anilines is 1. The minimum atomic E-state index is -0.930. The molecule has 0 unspecified atom stereocenters. The maximum atomic E-state index is 11.8. The maximum absolute atomic E-state index is 11.8. The minimum Gasteiger partial charge on any atom is -0.457 e. The van der Waals surface area contributed by atoms with Crippen LogP contribution in [0.5, 0.6) is 11.5 Å². The van der Waals surface area contributed by atoms with Crippen molar-refractivity contribution in [2.75, 3.05) is 11.9 Å². The molecule has 2 aromatic rings. The summed E-state index contributed by atoms with van der Waals surface area (Å²) < 4.78 is 5.64. The number of primary amides is 1. The summed E-state index contributed by atoms with van der Waals surface area (Å²) in [7, 11) is 0. The highest BCUT2D eigenvalue weighted by Gasteiger charge is 2.06.